The molecule has 7 heteroatoms. The molecule has 0 atom stereocenters. The number of aromatic nitrogens is 3. The molecule has 0 spiro atoms. The maximum atomic E-state index is 12.5. The lowest BCUT2D eigenvalue weighted by atomic mass is 10.1. The van der Waals surface area contributed by atoms with Gasteiger partial charge in [0.15, 0.2) is 5.16 Å². The van der Waals surface area contributed by atoms with Gasteiger partial charge < -0.3 is 5.32 Å². The molecule has 5 nitrogen and oxygen atoms in total. The fourth-order valence-corrected chi connectivity index (χ4v) is 3.98. The highest BCUT2D eigenvalue weighted by molar-refractivity contribution is 7.99. The molecule has 0 unspecified atom stereocenters. The summed E-state index contributed by atoms with van der Waals surface area (Å²) >= 11 is 7.44. The zero-order valence-electron chi connectivity index (χ0n) is 15.1. The number of amides is 1. The van der Waals surface area contributed by atoms with Crippen molar-refractivity contribution in [2.75, 3.05) is 11.1 Å². The highest BCUT2D eigenvalue weighted by Crippen LogP contribution is 2.25. The highest BCUT2D eigenvalue weighted by atomic mass is 35.5. The Labute approximate surface area is 171 Å². The number of rotatable bonds is 5. The minimum Gasteiger partial charge on any atom is -0.325 e. The fraction of sp³-hybridized carbons (Fsp3) is 0.0952. The molecule has 1 heterocycles. The van der Waals surface area contributed by atoms with E-state index < -0.39 is 0 Å². The van der Waals surface area contributed by atoms with Gasteiger partial charge in [-0.3, -0.25) is 9.36 Å². The van der Waals surface area contributed by atoms with Gasteiger partial charge >= 0.3 is 0 Å². The molecule has 1 amide bonds. The van der Waals surface area contributed by atoms with E-state index in [-0.39, 0.29) is 11.7 Å². The third-order valence-electron chi connectivity index (χ3n) is 4.26. The molecule has 0 saturated carbocycles. The van der Waals surface area contributed by atoms with Gasteiger partial charge in [0.25, 0.3) is 0 Å². The zero-order chi connectivity index (χ0) is 19.5. The van der Waals surface area contributed by atoms with Crippen LogP contribution in [-0.2, 0) is 4.79 Å². The van der Waals surface area contributed by atoms with Gasteiger partial charge in [0.05, 0.1) is 11.4 Å². The summed E-state index contributed by atoms with van der Waals surface area (Å²) in [6, 6.07) is 21.3. The van der Waals surface area contributed by atoms with Crippen molar-refractivity contribution in [3.63, 3.8) is 0 Å². The monoisotopic (exact) mass is 408 g/mol. The molecule has 0 aliphatic rings. The summed E-state index contributed by atoms with van der Waals surface area (Å²) in [6.45, 7) is 1.87. The summed E-state index contributed by atoms with van der Waals surface area (Å²) in [7, 11) is 0. The zero-order valence-corrected chi connectivity index (χ0v) is 16.7. The van der Waals surface area contributed by atoms with Crippen LogP contribution in [0.15, 0.2) is 71.9 Å². The normalized spacial score (nSPS) is 10.9. The van der Waals surface area contributed by atoms with Crippen molar-refractivity contribution in [1.29, 1.82) is 0 Å². The van der Waals surface area contributed by atoms with Crippen molar-refractivity contribution < 1.29 is 4.79 Å². The summed E-state index contributed by atoms with van der Waals surface area (Å²) in [6.07, 6.45) is 0. The lowest BCUT2D eigenvalue weighted by Gasteiger charge is -2.10. The largest absolute Gasteiger partial charge is 0.325 e. The van der Waals surface area contributed by atoms with Crippen molar-refractivity contribution in [2.24, 2.45) is 0 Å². The number of nitrogens with one attached hydrogen (secondary N) is 1. The van der Waals surface area contributed by atoms with E-state index >= 15 is 0 Å². The standard InChI is InChI=1S/C21H17ClN4OS/c1-14-24-25-21(26(14)17-9-5-8-16(22)12-17)28-13-20(27)23-19-11-4-7-15-6-2-3-10-18(15)19/h2-12H,13H2,1H3,(H,23,27). The number of halogens is 1. The first kappa shape index (κ1) is 18.5. The Morgan fingerprint density at radius 2 is 1.86 bits per heavy atom. The number of carbonyl (C=O) groups excluding carboxylic acids is 1. The summed E-state index contributed by atoms with van der Waals surface area (Å²) < 4.78 is 1.89. The van der Waals surface area contributed by atoms with E-state index in [1.165, 1.54) is 11.8 Å². The van der Waals surface area contributed by atoms with E-state index in [4.69, 9.17) is 11.6 Å². The molecular formula is C21H17ClN4OS. The average molecular weight is 409 g/mol. The number of anilines is 1. The molecule has 3 aromatic carbocycles. The predicted octanol–water partition coefficient (Wildman–Crippen LogP) is 5.11. The van der Waals surface area contributed by atoms with Crippen LogP contribution in [0.4, 0.5) is 5.69 Å². The first-order valence-electron chi connectivity index (χ1n) is 8.70. The van der Waals surface area contributed by atoms with Gasteiger partial charge in [-0.2, -0.15) is 0 Å². The van der Waals surface area contributed by atoms with Gasteiger partial charge in [-0.15, -0.1) is 10.2 Å². The van der Waals surface area contributed by atoms with Gasteiger partial charge in [-0.25, -0.2) is 0 Å². The molecule has 28 heavy (non-hydrogen) atoms. The van der Waals surface area contributed by atoms with Gasteiger partial charge in [-0.1, -0.05) is 65.8 Å². The Kier molecular flexibility index (Phi) is 5.32. The van der Waals surface area contributed by atoms with Crippen LogP contribution in [0.5, 0.6) is 0 Å². The number of nitrogens with zero attached hydrogens (tertiary/aromatic N) is 3. The smallest absolute Gasteiger partial charge is 0.234 e. The van der Waals surface area contributed by atoms with Crippen LogP contribution in [-0.4, -0.2) is 26.4 Å². The van der Waals surface area contributed by atoms with Crippen LogP contribution in [0.2, 0.25) is 5.02 Å². The maximum Gasteiger partial charge on any atom is 0.234 e. The van der Waals surface area contributed by atoms with E-state index in [0.29, 0.717) is 10.2 Å². The molecule has 1 aromatic heterocycles. The first-order chi connectivity index (χ1) is 13.6. The fourth-order valence-electron chi connectivity index (χ4n) is 3.00. The molecule has 0 radical (unpaired) electrons. The maximum absolute atomic E-state index is 12.5. The summed E-state index contributed by atoms with van der Waals surface area (Å²) in [5.41, 5.74) is 1.67. The molecule has 0 fully saturated rings. The number of thioether (sulfide) groups is 1. The van der Waals surface area contributed by atoms with Crippen LogP contribution in [0, 0.1) is 6.92 Å². The molecule has 4 rings (SSSR count). The Balaban J connectivity index is 1.50. The van der Waals surface area contributed by atoms with E-state index in [9.17, 15) is 4.79 Å². The summed E-state index contributed by atoms with van der Waals surface area (Å²) in [5, 5.41) is 14.7. The second-order valence-corrected chi connectivity index (χ2v) is 7.59. The third kappa shape index (κ3) is 3.88. The average Bonchev–Trinajstić information content (AvgIpc) is 3.07. The van der Waals surface area contributed by atoms with Gasteiger partial charge in [-0.05, 0) is 36.6 Å². The second kappa shape index (κ2) is 8.04. The topological polar surface area (TPSA) is 59.8 Å². The van der Waals surface area contributed by atoms with Crippen LogP contribution < -0.4 is 5.32 Å². The predicted molar refractivity (Wildman–Crippen MR) is 114 cm³/mol. The quantitative estimate of drug-likeness (QED) is 0.466. The molecule has 4 aromatic rings. The van der Waals surface area contributed by atoms with E-state index in [1.807, 2.05) is 78.2 Å². The number of fused-ring (bicyclic) bond motifs is 1. The number of hydrogen-bond donors (Lipinski definition) is 1. The molecule has 1 N–H and O–H groups in total. The van der Waals surface area contributed by atoms with E-state index in [1.54, 1.807) is 0 Å². The van der Waals surface area contributed by atoms with Crippen LogP contribution in [0.25, 0.3) is 16.5 Å². The second-order valence-electron chi connectivity index (χ2n) is 6.21. The molecule has 0 aliphatic heterocycles. The third-order valence-corrected chi connectivity index (χ3v) is 5.42. The Morgan fingerprint density at radius 3 is 2.71 bits per heavy atom. The van der Waals surface area contributed by atoms with Crippen molar-refractivity contribution in [3.8, 4) is 5.69 Å². The molecule has 140 valence electrons. The number of hydrogen-bond acceptors (Lipinski definition) is 4. The lowest BCUT2D eigenvalue weighted by Crippen LogP contribution is -2.14. The lowest BCUT2D eigenvalue weighted by molar-refractivity contribution is -0.113. The minimum absolute atomic E-state index is 0.0975. The molecule has 0 aliphatic carbocycles. The molecular weight excluding hydrogens is 392 g/mol. The summed E-state index contributed by atoms with van der Waals surface area (Å²) in [4.78, 5) is 12.5. The number of aryl methyl sites for hydroxylation is 1. The van der Waals surface area contributed by atoms with Crippen LogP contribution in [0.1, 0.15) is 5.82 Å². The highest BCUT2D eigenvalue weighted by Gasteiger charge is 2.14. The SMILES string of the molecule is Cc1nnc(SCC(=O)Nc2cccc3ccccc23)n1-c1cccc(Cl)c1. The van der Waals surface area contributed by atoms with Crippen molar-refractivity contribution >= 4 is 45.7 Å². The molecule has 0 saturated heterocycles. The Hall–Kier alpha value is -2.83. The van der Waals surface area contributed by atoms with E-state index in [2.05, 4.69) is 15.5 Å². The Morgan fingerprint density at radius 1 is 1.07 bits per heavy atom. The van der Waals surface area contributed by atoms with Crippen molar-refractivity contribution in [3.05, 3.63) is 77.6 Å². The first-order valence-corrected chi connectivity index (χ1v) is 10.1. The molecule has 0 bridgehead atoms. The van der Waals surface area contributed by atoms with Gasteiger partial charge in [0, 0.05) is 16.1 Å². The van der Waals surface area contributed by atoms with Crippen LogP contribution in [0.3, 0.4) is 0 Å². The minimum atomic E-state index is -0.0975. The summed E-state index contributed by atoms with van der Waals surface area (Å²) in [5.74, 6) is 0.862. The van der Waals surface area contributed by atoms with Gasteiger partial charge in [0.1, 0.15) is 5.82 Å². The van der Waals surface area contributed by atoms with Crippen molar-refractivity contribution in [1.82, 2.24) is 14.8 Å². The van der Waals surface area contributed by atoms with Crippen LogP contribution >= 0.6 is 23.4 Å². The number of benzene rings is 3. The van der Waals surface area contributed by atoms with Crippen molar-refractivity contribution in [2.45, 2.75) is 12.1 Å². The van der Waals surface area contributed by atoms with Gasteiger partial charge in [0.2, 0.25) is 5.91 Å². The van der Waals surface area contributed by atoms with E-state index in [0.717, 1.165) is 28.0 Å². The Bertz CT molecular complexity index is 1150. The number of carbonyl (C=O) groups is 1.